The number of hydrogen-bond donors (Lipinski definition) is 2. The molecule has 4 rings (SSSR count). The minimum atomic E-state index is -0.237. The number of nitrogens with zero attached hydrogens (tertiary/aromatic N) is 5. The van der Waals surface area contributed by atoms with Gasteiger partial charge in [0.25, 0.3) is 0 Å². The summed E-state index contributed by atoms with van der Waals surface area (Å²) in [5.74, 6) is 0.211. The van der Waals surface area contributed by atoms with Gasteiger partial charge < -0.3 is 15.6 Å². The molecule has 168 valence electrons. The summed E-state index contributed by atoms with van der Waals surface area (Å²) in [6.45, 7) is 3.87. The SMILES string of the molecule is Cc1cc(Nc2nccc(-c3cnc4ccccn34)n2)ccc1C(=O)C(=N)C[C@@H](C)N(C)C. The summed E-state index contributed by atoms with van der Waals surface area (Å²) in [7, 11) is 3.89. The molecule has 2 N–H and O–H groups in total. The van der Waals surface area contributed by atoms with E-state index < -0.39 is 0 Å². The molecule has 0 saturated heterocycles. The van der Waals surface area contributed by atoms with E-state index in [1.165, 1.54) is 0 Å². The number of benzene rings is 1. The maximum absolute atomic E-state index is 12.8. The van der Waals surface area contributed by atoms with Crippen molar-refractivity contribution < 1.29 is 4.79 Å². The number of ketones is 1. The van der Waals surface area contributed by atoms with Crippen LogP contribution in [0.15, 0.2) is 61.1 Å². The van der Waals surface area contributed by atoms with Gasteiger partial charge in [-0.3, -0.25) is 9.20 Å². The van der Waals surface area contributed by atoms with Crippen LogP contribution in [0.1, 0.15) is 29.3 Å². The van der Waals surface area contributed by atoms with E-state index in [0.717, 1.165) is 28.3 Å². The number of carbonyl (C=O) groups excluding carboxylic acids is 1. The van der Waals surface area contributed by atoms with E-state index in [1.807, 2.05) is 79.8 Å². The van der Waals surface area contributed by atoms with Crippen molar-refractivity contribution in [1.82, 2.24) is 24.3 Å². The Kier molecular flexibility index (Phi) is 6.28. The Bertz CT molecular complexity index is 1330. The second kappa shape index (κ2) is 9.30. The molecule has 0 spiro atoms. The Morgan fingerprint density at radius 1 is 1.18 bits per heavy atom. The number of fused-ring (bicyclic) bond motifs is 1. The number of hydrogen-bond acceptors (Lipinski definition) is 7. The lowest BCUT2D eigenvalue weighted by molar-refractivity contribution is 0.106. The number of nitrogens with one attached hydrogen (secondary N) is 2. The third-order valence-electron chi connectivity index (χ3n) is 5.72. The summed E-state index contributed by atoms with van der Waals surface area (Å²) in [4.78, 5) is 28.2. The lowest BCUT2D eigenvalue weighted by Gasteiger charge is -2.19. The molecule has 0 aliphatic carbocycles. The topological polar surface area (TPSA) is 99.3 Å². The van der Waals surface area contributed by atoms with Crippen molar-refractivity contribution >= 4 is 28.8 Å². The molecule has 0 saturated carbocycles. The first-order valence-electron chi connectivity index (χ1n) is 10.7. The average Bonchev–Trinajstić information content (AvgIpc) is 3.23. The van der Waals surface area contributed by atoms with Gasteiger partial charge in [0.05, 0.1) is 23.3 Å². The average molecular weight is 442 g/mol. The predicted octanol–water partition coefficient (Wildman–Crippen LogP) is 4.39. The number of aromatic nitrogens is 4. The Labute approximate surface area is 192 Å². The van der Waals surface area contributed by atoms with Crippen molar-refractivity contribution in [3.8, 4) is 11.4 Å². The molecule has 8 nitrogen and oxygen atoms in total. The van der Waals surface area contributed by atoms with Gasteiger partial charge >= 0.3 is 0 Å². The highest BCUT2D eigenvalue weighted by molar-refractivity contribution is 6.45. The number of pyridine rings is 1. The van der Waals surface area contributed by atoms with Crippen molar-refractivity contribution in [1.29, 1.82) is 5.41 Å². The third kappa shape index (κ3) is 4.80. The van der Waals surface area contributed by atoms with Crippen LogP contribution in [0.25, 0.3) is 17.0 Å². The van der Waals surface area contributed by atoms with Gasteiger partial charge in [-0.05, 0) is 69.9 Å². The molecular weight excluding hydrogens is 414 g/mol. The molecule has 0 bridgehead atoms. The largest absolute Gasteiger partial charge is 0.324 e. The molecule has 0 radical (unpaired) electrons. The van der Waals surface area contributed by atoms with Crippen molar-refractivity contribution in [3.63, 3.8) is 0 Å². The van der Waals surface area contributed by atoms with Crippen LogP contribution in [-0.4, -0.2) is 55.9 Å². The lowest BCUT2D eigenvalue weighted by atomic mass is 9.97. The van der Waals surface area contributed by atoms with E-state index in [1.54, 1.807) is 18.5 Å². The van der Waals surface area contributed by atoms with Crippen LogP contribution < -0.4 is 5.32 Å². The minimum Gasteiger partial charge on any atom is -0.324 e. The smallest absolute Gasteiger partial charge is 0.227 e. The standard InChI is InChI=1S/C25H27N7O/c1-16-13-18(8-9-19(16)24(33)20(26)14-17(2)31(3)4)29-25-27-11-10-21(30-25)22-15-28-23-7-5-6-12-32(22)23/h5-13,15,17,26H,14H2,1-4H3,(H,27,29,30)/t17-/m1/s1. The van der Waals surface area contributed by atoms with E-state index in [2.05, 4.69) is 20.3 Å². The Morgan fingerprint density at radius 3 is 2.76 bits per heavy atom. The van der Waals surface area contributed by atoms with E-state index in [-0.39, 0.29) is 17.5 Å². The first-order chi connectivity index (χ1) is 15.8. The number of Topliss-reactive ketones (excluding diaryl/α,β-unsaturated/α-hetero) is 1. The molecule has 0 fully saturated rings. The highest BCUT2D eigenvalue weighted by Gasteiger charge is 2.18. The van der Waals surface area contributed by atoms with Crippen LogP contribution in [0, 0.1) is 12.3 Å². The van der Waals surface area contributed by atoms with Crippen LogP contribution >= 0.6 is 0 Å². The lowest BCUT2D eigenvalue weighted by Crippen LogP contribution is -2.29. The minimum absolute atomic E-state index is 0.115. The molecule has 8 heteroatoms. The van der Waals surface area contributed by atoms with Crippen molar-refractivity contribution in [3.05, 3.63) is 72.2 Å². The monoisotopic (exact) mass is 441 g/mol. The molecule has 0 unspecified atom stereocenters. The molecular formula is C25H27N7O. The summed E-state index contributed by atoms with van der Waals surface area (Å²) in [6.07, 6.45) is 5.85. The molecule has 0 amide bonds. The molecule has 0 aliphatic heterocycles. The van der Waals surface area contributed by atoms with Crippen LogP contribution in [0.3, 0.4) is 0 Å². The molecule has 1 atom stereocenters. The van der Waals surface area contributed by atoms with E-state index in [0.29, 0.717) is 17.9 Å². The van der Waals surface area contributed by atoms with Crippen molar-refractivity contribution in [2.24, 2.45) is 0 Å². The number of aryl methyl sites for hydroxylation is 1. The van der Waals surface area contributed by atoms with Crippen LogP contribution in [0.5, 0.6) is 0 Å². The van der Waals surface area contributed by atoms with Crippen LogP contribution in [-0.2, 0) is 0 Å². The van der Waals surface area contributed by atoms with Crippen LogP contribution in [0.4, 0.5) is 11.6 Å². The summed E-state index contributed by atoms with van der Waals surface area (Å²) < 4.78 is 1.97. The van der Waals surface area contributed by atoms with Gasteiger partial charge in [-0.2, -0.15) is 0 Å². The Balaban J connectivity index is 1.52. The van der Waals surface area contributed by atoms with Gasteiger partial charge in [-0.15, -0.1) is 0 Å². The van der Waals surface area contributed by atoms with Gasteiger partial charge in [-0.1, -0.05) is 6.07 Å². The van der Waals surface area contributed by atoms with Crippen LogP contribution in [0.2, 0.25) is 0 Å². The number of imidazole rings is 1. The second-order valence-electron chi connectivity index (χ2n) is 8.32. The van der Waals surface area contributed by atoms with Gasteiger partial charge in [0.1, 0.15) is 5.65 Å². The quantitative estimate of drug-likeness (QED) is 0.311. The number of rotatable bonds is 8. The number of anilines is 2. The fourth-order valence-electron chi connectivity index (χ4n) is 3.54. The molecule has 3 aromatic heterocycles. The van der Waals surface area contributed by atoms with Gasteiger partial charge in [-0.25, -0.2) is 15.0 Å². The van der Waals surface area contributed by atoms with E-state index in [4.69, 9.17) is 5.41 Å². The molecule has 3 heterocycles. The fraction of sp³-hybridized carbons (Fsp3) is 0.240. The van der Waals surface area contributed by atoms with Gasteiger partial charge in [0.15, 0.2) is 0 Å². The highest BCUT2D eigenvalue weighted by atomic mass is 16.1. The zero-order valence-corrected chi connectivity index (χ0v) is 19.2. The molecule has 1 aromatic carbocycles. The summed E-state index contributed by atoms with van der Waals surface area (Å²) >= 11 is 0. The Hall–Kier alpha value is -3.91. The summed E-state index contributed by atoms with van der Waals surface area (Å²) in [6, 6.07) is 13.2. The van der Waals surface area contributed by atoms with Gasteiger partial charge in [0.2, 0.25) is 11.7 Å². The maximum Gasteiger partial charge on any atom is 0.227 e. The summed E-state index contributed by atoms with van der Waals surface area (Å²) in [5, 5.41) is 11.4. The maximum atomic E-state index is 12.8. The molecule has 33 heavy (non-hydrogen) atoms. The first-order valence-corrected chi connectivity index (χ1v) is 10.7. The predicted molar refractivity (Wildman–Crippen MR) is 131 cm³/mol. The van der Waals surface area contributed by atoms with Gasteiger partial charge in [0, 0.05) is 36.1 Å². The van der Waals surface area contributed by atoms with Crippen molar-refractivity contribution in [2.45, 2.75) is 26.3 Å². The summed E-state index contributed by atoms with van der Waals surface area (Å²) in [5.41, 5.74) is 4.69. The molecule has 4 aromatic rings. The zero-order chi connectivity index (χ0) is 23.5. The number of carbonyl (C=O) groups is 1. The second-order valence-corrected chi connectivity index (χ2v) is 8.32. The van der Waals surface area contributed by atoms with E-state index >= 15 is 0 Å². The normalized spacial score (nSPS) is 12.2. The zero-order valence-electron chi connectivity index (χ0n) is 19.2. The Morgan fingerprint density at radius 2 is 2.00 bits per heavy atom. The van der Waals surface area contributed by atoms with Crippen molar-refractivity contribution in [2.75, 3.05) is 19.4 Å². The third-order valence-corrected chi connectivity index (χ3v) is 5.72. The first kappa shape index (κ1) is 22.3. The fourth-order valence-corrected chi connectivity index (χ4v) is 3.54. The van der Waals surface area contributed by atoms with E-state index in [9.17, 15) is 4.79 Å². The highest BCUT2D eigenvalue weighted by Crippen LogP contribution is 2.22. The molecule has 0 aliphatic rings.